The molecule has 0 spiro atoms. The van der Waals surface area contributed by atoms with Crippen LogP contribution in [0.4, 0.5) is 0 Å². The zero-order valence-electron chi connectivity index (χ0n) is 9.98. The molecule has 0 saturated carbocycles. The smallest absolute Gasteiger partial charge is 0.127 e. The van der Waals surface area contributed by atoms with Crippen molar-refractivity contribution in [1.82, 2.24) is 9.55 Å². The van der Waals surface area contributed by atoms with Gasteiger partial charge in [0, 0.05) is 7.05 Å². The molecule has 1 aromatic carbocycles. The first-order chi connectivity index (χ1) is 8.20. The third-order valence-electron chi connectivity index (χ3n) is 2.79. The van der Waals surface area contributed by atoms with Crippen molar-refractivity contribution in [2.75, 3.05) is 7.11 Å². The molecule has 2 rings (SSSR count). The molecule has 0 unspecified atom stereocenters. The van der Waals surface area contributed by atoms with Crippen molar-refractivity contribution in [1.29, 1.82) is 0 Å². The molecule has 0 radical (unpaired) electrons. The maximum absolute atomic E-state index is 5.21. The van der Waals surface area contributed by atoms with Gasteiger partial charge in [0.1, 0.15) is 10.4 Å². The fourth-order valence-electron chi connectivity index (χ4n) is 1.80. The van der Waals surface area contributed by atoms with Crippen LogP contribution in [0, 0.1) is 0 Å². The fourth-order valence-corrected chi connectivity index (χ4v) is 2.37. The van der Waals surface area contributed by atoms with E-state index in [-0.39, 0.29) is 0 Å². The Bertz CT molecular complexity index is 488. The van der Waals surface area contributed by atoms with Crippen LogP contribution in [0.5, 0.6) is 5.75 Å². The van der Waals surface area contributed by atoms with Crippen molar-refractivity contribution in [2.24, 2.45) is 7.05 Å². The molecule has 0 aliphatic rings. The van der Waals surface area contributed by atoms with Crippen LogP contribution in [-0.4, -0.2) is 16.7 Å². The summed E-state index contributed by atoms with van der Waals surface area (Å²) in [6.07, 6.45) is 3.77. The van der Waals surface area contributed by atoms with Gasteiger partial charge >= 0.3 is 0 Å². The SMILES string of the molecule is COc1cccc(CCc2c(Br)ncn2C)c1. The zero-order valence-corrected chi connectivity index (χ0v) is 11.6. The van der Waals surface area contributed by atoms with Crippen LogP contribution < -0.4 is 4.74 Å². The van der Waals surface area contributed by atoms with E-state index < -0.39 is 0 Å². The van der Waals surface area contributed by atoms with Gasteiger partial charge in [0.25, 0.3) is 0 Å². The normalized spacial score (nSPS) is 10.5. The Morgan fingerprint density at radius 3 is 2.82 bits per heavy atom. The summed E-state index contributed by atoms with van der Waals surface area (Å²) in [7, 11) is 3.70. The van der Waals surface area contributed by atoms with Crippen molar-refractivity contribution in [3.8, 4) is 5.75 Å². The zero-order chi connectivity index (χ0) is 12.3. The van der Waals surface area contributed by atoms with Crippen LogP contribution in [0.25, 0.3) is 0 Å². The van der Waals surface area contributed by atoms with E-state index in [1.54, 1.807) is 7.11 Å². The predicted molar refractivity (Wildman–Crippen MR) is 71.3 cm³/mol. The number of hydrogen-bond acceptors (Lipinski definition) is 2. The Labute approximate surface area is 110 Å². The molecule has 2 aromatic rings. The van der Waals surface area contributed by atoms with E-state index in [2.05, 4.69) is 33.0 Å². The van der Waals surface area contributed by atoms with Crippen LogP contribution in [-0.2, 0) is 19.9 Å². The third kappa shape index (κ3) is 2.88. The maximum atomic E-state index is 5.21. The average Bonchev–Trinajstić information content (AvgIpc) is 2.67. The molecule has 4 heteroatoms. The predicted octanol–water partition coefficient (Wildman–Crippen LogP) is 2.98. The molecule has 1 aromatic heterocycles. The van der Waals surface area contributed by atoms with Gasteiger partial charge in [-0.1, -0.05) is 12.1 Å². The molecule has 0 atom stereocenters. The van der Waals surface area contributed by atoms with Gasteiger partial charge in [0.05, 0.1) is 19.1 Å². The molecule has 1 heterocycles. The van der Waals surface area contributed by atoms with Gasteiger partial charge in [-0.3, -0.25) is 0 Å². The highest BCUT2D eigenvalue weighted by Gasteiger charge is 2.06. The van der Waals surface area contributed by atoms with Crippen LogP contribution >= 0.6 is 15.9 Å². The van der Waals surface area contributed by atoms with Gasteiger partial charge in [0.2, 0.25) is 0 Å². The molecular weight excluding hydrogens is 280 g/mol. The molecule has 0 amide bonds. The first kappa shape index (κ1) is 12.2. The van der Waals surface area contributed by atoms with E-state index in [1.807, 2.05) is 30.1 Å². The van der Waals surface area contributed by atoms with Gasteiger partial charge in [-0.2, -0.15) is 0 Å². The van der Waals surface area contributed by atoms with Crippen LogP contribution in [0.1, 0.15) is 11.3 Å². The van der Waals surface area contributed by atoms with E-state index in [0.29, 0.717) is 0 Å². The Morgan fingerprint density at radius 2 is 2.18 bits per heavy atom. The highest BCUT2D eigenvalue weighted by atomic mass is 79.9. The number of halogens is 1. The van der Waals surface area contributed by atoms with Gasteiger partial charge in [-0.15, -0.1) is 0 Å². The second kappa shape index (κ2) is 5.36. The number of nitrogens with zero attached hydrogens (tertiary/aromatic N) is 2. The molecule has 0 saturated heterocycles. The average molecular weight is 295 g/mol. The Morgan fingerprint density at radius 1 is 1.35 bits per heavy atom. The standard InChI is InChI=1S/C13H15BrN2O/c1-16-9-15-13(14)12(16)7-6-10-4-3-5-11(8-10)17-2/h3-5,8-9H,6-7H2,1-2H3. The van der Waals surface area contributed by atoms with E-state index in [0.717, 1.165) is 23.2 Å². The summed E-state index contributed by atoms with van der Waals surface area (Å²) < 4.78 is 8.19. The van der Waals surface area contributed by atoms with E-state index >= 15 is 0 Å². The summed E-state index contributed by atoms with van der Waals surface area (Å²) in [5.41, 5.74) is 2.49. The molecule has 17 heavy (non-hydrogen) atoms. The van der Waals surface area contributed by atoms with E-state index in [1.165, 1.54) is 11.3 Å². The molecule has 0 fully saturated rings. The summed E-state index contributed by atoms with van der Waals surface area (Å²) in [6.45, 7) is 0. The minimum atomic E-state index is 0.909. The Balaban J connectivity index is 2.07. The van der Waals surface area contributed by atoms with Crippen LogP contribution in [0.2, 0.25) is 0 Å². The lowest BCUT2D eigenvalue weighted by Gasteiger charge is -2.05. The molecule has 3 nitrogen and oxygen atoms in total. The van der Waals surface area contributed by atoms with Gasteiger partial charge in [-0.05, 0) is 46.5 Å². The maximum Gasteiger partial charge on any atom is 0.127 e. The number of aromatic nitrogens is 2. The lowest BCUT2D eigenvalue weighted by Crippen LogP contribution is -1.99. The number of imidazole rings is 1. The van der Waals surface area contributed by atoms with Crippen molar-refractivity contribution in [3.05, 3.63) is 46.5 Å². The lowest BCUT2D eigenvalue weighted by molar-refractivity contribution is 0.414. The number of aryl methyl sites for hydroxylation is 2. The fraction of sp³-hybridized carbons (Fsp3) is 0.308. The second-order valence-electron chi connectivity index (χ2n) is 3.94. The Kier molecular flexibility index (Phi) is 3.84. The van der Waals surface area contributed by atoms with Crippen LogP contribution in [0.3, 0.4) is 0 Å². The Hall–Kier alpha value is -1.29. The minimum Gasteiger partial charge on any atom is -0.497 e. The molecule has 0 aliphatic carbocycles. The lowest BCUT2D eigenvalue weighted by atomic mass is 10.1. The topological polar surface area (TPSA) is 27.1 Å². The third-order valence-corrected chi connectivity index (χ3v) is 3.46. The molecular formula is C13H15BrN2O. The molecule has 0 aliphatic heterocycles. The number of hydrogen-bond donors (Lipinski definition) is 0. The largest absolute Gasteiger partial charge is 0.497 e. The summed E-state index contributed by atoms with van der Waals surface area (Å²) in [6, 6.07) is 8.17. The molecule has 0 bridgehead atoms. The van der Waals surface area contributed by atoms with Gasteiger partial charge in [-0.25, -0.2) is 4.98 Å². The van der Waals surface area contributed by atoms with Crippen LogP contribution in [0.15, 0.2) is 35.2 Å². The summed E-state index contributed by atoms with van der Waals surface area (Å²) >= 11 is 3.46. The van der Waals surface area contributed by atoms with Crippen molar-refractivity contribution >= 4 is 15.9 Å². The summed E-state index contributed by atoms with van der Waals surface area (Å²) in [5.74, 6) is 0.909. The van der Waals surface area contributed by atoms with Crippen molar-refractivity contribution in [2.45, 2.75) is 12.8 Å². The molecule has 0 N–H and O–H groups in total. The highest BCUT2D eigenvalue weighted by molar-refractivity contribution is 9.10. The first-order valence-corrected chi connectivity index (χ1v) is 6.28. The second-order valence-corrected chi connectivity index (χ2v) is 4.70. The minimum absolute atomic E-state index is 0.909. The molecule has 90 valence electrons. The van der Waals surface area contributed by atoms with Gasteiger partial charge < -0.3 is 9.30 Å². The first-order valence-electron chi connectivity index (χ1n) is 5.49. The number of methoxy groups -OCH3 is 1. The monoisotopic (exact) mass is 294 g/mol. The summed E-state index contributed by atoms with van der Waals surface area (Å²) in [5, 5.41) is 0. The van der Waals surface area contributed by atoms with E-state index in [4.69, 9.17) is 4.74 Å². The van der Waals surface area contributed by atoms with Crippen molar-refractivity contribution < 1.29 is 4.74 Å². The van der Waals surface area contributed by atoms with E-state index in [9.17, 15) is 0 Å². The quantitative estimate of drug-likeness (QED) is 0.867. The number of ether oxygens (including phenoxy) is 1. The number of rotatable bonds is 4. The number of benzene rings is 1. The highest BCUT2D eigenvalue weighted by Crippen LogP contribution is 2.18. The summed E-state index contributed by atoms with van der Waals surface area (Å²) in [4.78, 5) is 4.22. The van der Waals surface area contributed by atoms with Gasteiger partial charge in [0.15, 0.2) is 0 Å². The van der Waals surface area contributed by atoms with Crippen molar-refractivity contribution in [3.63, 3.8) is 0 Å².